The Morgan fingerprint density at radius 3 is 2.07 bits per heavy atom. The van der Waals surface area contributed by atoms with E-state index < -0.39 is 0 Å². The summed E-state index contributed by atoms with van der Waals surface area (Å²) >= 11 is 0. The highest BCUT2D eigenvalue weighted by molar-refractivity contribution is 5.05. The van der Waals surface area contributed by atoms with Gasteiger partial charge in [0.2, 0.25) is 0 Å². The van der Waals surface area contributed by atoms with E-state index in [1.165, 1.54) is 25.7 Å². The van der Waals surface area contributed by atoms with Gasteiger partial charge in [0.1, 0.15) is 0 Å². The lowest BCUT2D eigenvalue weighted by molar-refractivity contribution is 0.798. The number of allylic oxidation sites excluding steroid dienone is 3. The fraction of sp³-hybridized carbons (Fsp3) is 0.667. The van der Waals surface area contributed by atoms with Crippen LogP contribution in [0.5, 0.6) is 0 Å². The zero-order valence-electron chi connectivity index (χ0n) is 9.55. The maximum Gasteiger partial charge on any atom is 0.0106 e. The van der Waals surface area contributed by atoms with Gasteiger partial charge in [-0.3, -0.25) is 0 Å². The van der Waals surface area contributed by atoms with Gasteiger partial charge in [0.25, 0.3) is 0 Å². The van der Waals surface area contributed by atoms with Crippen molar-refractivity contribution in [1.29, 1.82) is 0 Å². The molecule has 0 aliphatic heterocycles. The van der Waals surface area contributed by atoms with Gasteiger partial charge in [0.05, 0.1) is 0 Å². The molecule has 0 aliphatic rings. The highest BCUT2D eigenvalue weighted by Crippen LogP contribution is 2.12. The molecule has 0 aromatic heterocycles. The summed E-state index contributed by atoms with van der Waals surface area (Å²) in [5, 5.41) is 0. The lowest BCUT2D eigenvalue weighted by atomic mass is 10.0. The zero-order chi connectivity index (χ0) is 9.94. The number of hydrogen-bond donors (Lipinski definition) is 1. The quantitative estimate of drug-likeness (QED) is 0.629. The first kappa shape index (κ1) is 15.9. The van der Waals surface area contributed by atoms with Crippen LogP contribution in [-0.2, 0) is 0 Å². The summed E-state index contributed by atoms with van der Waals surface area (Å²) in [6.45, 7) is 5.13. The van der Waals surface area contributed by atoms with E-state index in [1.807, 2.05) is 6.08 Å². The van der Waals surface area contributed by atoms with Gasteiger partial charge in [0, 0.05) is 6.54 Å². The largest absolute Gasteiger partial charge is 0.412 e. The lowest BCUT2D eigenvalue weighted by Crippen LogP contribution is -1.91. The van der Waals surface area contributed by atoms with Gasteiger partial charge in [0.15, 0.2) is 0 Å². The van der Waals surface area contributed by atoms with E-state index in [0.717, 1.165) is 6.42 Å². The minimum Gasteiger partial charge on any atom is -0.412 e. The Hall–Kier alpha value is -0.600. The summed E-state index contributed by atoms with van der Waals surface area (Å²) in [5.41, 5.74) is 6.96. The van der Waals surface area contributed by atoms with Crippen molar-refractivity contribution < 1.29 is 5.48 Å². The SMILES string of the molecule is CCCC(=CCC=CCN)CCC.O. The van der Waals surface area contributed by atoms with Crippen LogP contribution in [0.25, 0.3) is 0 Å². The van der Waals surface area contributed by atoms with Crippen LogP contribution in [0, 0.1) is 0 Å². The third kappa shape index (κ3) is 9.49. The Bertz CT molecular complexity index is 154. The summed E-state index contributed by atoms with van der Waals surface area (Å²) in [6, 6.07) is 0. The fourth-order valence-corrected chi connectivity index (χ4v) is 1.40. The normalized spacial score (nSPS) is 9.93. The molecule has 0 fully saturated rings. The molecular formula is C12H25NO. The van der Waals surface area contributed by atoms with Crippen LogP contribution in [0.15, 0.2) is 23.8 Å². The first-order chi connectivity index (χ1) is 6.35. The first-order valence-corrected chi connectivity index (χ1v) is 5.38. The Labute approximate surface area is 88.2 Å². The second-order valence-electron chi connectivity index (χ2n) is 3.31. The van der Waals surface area contributed by atoms with Crippen molar-refractivity contribution in [3.63, 3.8) is 0 Å². The predicted octanol–water partition coefficient (Wildman–Crippen LogP) is 2.59. The van der Waals surface area contributed by atoms with Gasteiger partial charge in [-0.1, -0.05) is 50.5 Å². The molecule has 0 spiro atoms. The average Bonchev–Trinajstić information content (AvgIpc) is 2.13. The molecule has 0 rings (SSSR count). The van der Waals surface area contributed by atoms with Crippen molar-refractivity contribution in [2.24, 2.45) is 5.73 Å². The van der Waals surface area contributed by atoms with Gasteiger partial charge in [-0.2, -0.15) is 0 Å². The van der Waals surface area contributed by atoms with Crippen LogP contribution in [0.4, 0.5) is 0 Å². The monoisotopic (exact) mass is 199 g/mol. The Morgan fingerprint density at radius 2 is 1.64 bits per heavy atom. The summed E-state index contributed by atoms with van der Waals surface area (Å²) in [5.74, 6) is 0. The lowest BCUT2D eigenvalue weighted by Gasteiger charge is -2.02. The summed E-state index contributed by atoms with van der Waals surface area (Å²) in [7, 11) is 0. The van der Waals surface area contributed by atoms with Crippen molar-refractivity contribution in [3.05, 3.63) is 23.8 Å². The van der Waals surface area contributed by atoms with Crippen LogP contribution in [0.2, 0.25) is 0 Å². The average molecular weight is 199 g/mol. The minimum absolute atomic E-state index is 0. The van der Waals surface area contributed by atoms with Crippen molar-refractivity contribution in [3.8, 4) is 0 Å². The van der Waals surface area contributed by atoms with E-state index in [0.29, 0.717) is 6.54 Å². The van der Waals surface area contributed by atoms with Crippen LogP contribution >= 0.6 is 0 Å². The maximum atomic E-state index is 5.36. The molecule has 0 aliphatic carbocycles. The molecule has 14 heavy (non-hydrogen) atoms. The minimum atomic E-state index is 0. The molecule has 2 heteroatoms. The van der Waals surface area contributed by atoms with Gasteiger partial charge in [-0.25, -0.2) is 0 Å². The number of rotatable bonds is 7. The maximum absolute atomic E-state index is 5.36. The second kappa shape index (κ2) is 12.4. The molecule has 0 aromatic carbocycles. The molecule has 0 saturated heterocycles. The molecule has 0 unspecified atom stereocenters. The molecule has 84 valence electrons. The third-order valence-corrected chi connectivity index (χ3v) is 1.99. The molecule has 2 nitrogen and oxygen atoms in total. The third-order valence-electron chi connectivity index (χ3n) is 1.99. The molecule has 0 bridgehead atoms. The molecule has 0 saturated carbocycles. The van der Waals surface area contributed by atoms with E-state index in [1.54, 1.807) is 5.57 Å². The highest BCUT2D eigenvalue weighted by Gasteiger charge is 1.92. The van der Waals surface area contributed by atoms with Crippen LogP contribution in [0.1, 0.15) is 46.0 Å². The van der Waals surface area contributed by atoms with E-state index in [-0.39, 0.29) is 5.48 Å². The van der Waals surface area contributed by atoms with Gasteiger partial charge in [-0.05, 0) is 19.3 Å². The Morgan fingerprint density at radius 1 is 1.07 bits per heavy atom. The number of hydrogen-bond acceptors (Lipinski definition) is 1. The standard InChI is InChI=1S/C12H23N.H2O/c1-3-8-12(9-4-2)10-6-5-7-11-13;/h5,7,10H,3-4,6,8-9,11,13H2,1-2H3;1H2. The first-order valence-electron chi connectivity index (χ1n) is 5.38. The summed E-state index contributed by atoms with van der Waals surface area (Å²) in [6.07, 6.45) is 12.6. The van der Waals surface area contributed by atoms with Gasteiger partial charge in [-0.15, -0.1) is 0 Å². The molecule has 0 amide bonds. The highest BCUT2D eigenvalue weighted by atomic mass is 16.0. The van der Waals surface area contributed by atoms with Gasteiger partial charge >= 0.3 is 0 Å². The Balaban J connectivity index is 0. The summed E-state index contributed by atoms with van der Waals surface area (Å²) < 4.78 is 0. The van der Waals surface area contributed by atoms with E-state index >= 15 is 0 Å². The molecule has 0 radical (unpaired) electrons. The summed E-state index contributed by atoms with van der Waals surface area (Å²) in [4.78, 5) is 0. The van der Waals surface area contributed by atoms with Crippen molar-refractivity contribution in [2.45, 2.75) is 46.0 Å². The predicted molar refractivity (Wildman–Crippen MR) is 64.3 cm³/mol. The fourth-order valence-electron chi connectivity index (χ4n) is 1.40. The van der Waals surface area contributed by atoms with Crippen molar-refractivity contribution in [2.75, 3.05) is 6.54 Å². The van der Waals surface area contributed by atoms with Crippen LogP contribution < -0.4 is 5.73 Å². The molecule has 4 N–H and O–H groups in total. The Kier molecular flexibility index (Phi) is 14.0. The zero-order valence-corrected chi connectivity index (χ0v) is 9.55. The van der Waals surface area contributed by atoms with E-state index in [9.17, 15) is 0 Å². The smallest absolute Gasteiger partial charge is 0.0106 e. The van der Waals surface area contributed by atoms with Crippen LogP contribution in [0.3, 0.4) is 0 Å². The molecular weight excluding hydrogens is 174 g/mol. The van der Waals surface area contributed by atoms with E-state index in [4.69, 9.17) is 5.73 Å². The topological polar surface area (TPSA) is 57.5 Å². The second-order valence-corrected chi connectivity index (χ2v) is 3.31. The van der Waals surface area contributed by atoms with Gasteiger partial charge < -0.3 is 11.2 Å². The van der Waals surface area contributed by atoms with Crippen molar-refractivity contribution in [1.82, 2.24) is 0 Å². The van der Waals surface area contributed by atoms with Crippen LogP contribution in [-0.4, -0.2) is 12.0 Å². The molecule has 0 atom stereocenters. The van der Waals surface area contributed by atoms with Crippen molar-refractivity contribution >= 4 is 0 Å². The molecule has 0 aromatic rings. The molecule has 0 heterocycles. The number of nitrogens with two attached hydrogens (primary N) is 1. The van der Waals surface area contributed by atoms with E-state index in [2.05, 4.69) is 26.0 Å².